The van der Waals surface area contributed by atoms with Crippen molar-refractivity contribution < 1.29 is 9.53 Å². The molecule has 1 aromatic rings. The molecule has 0 aliphatic heterocycles. The third-order valence-electron chi connectivity index (χ3n) is 2.16. The lowest BCUT2D eigenvalue weighted by molar-refractivity contribution is -0.124. The number of rotatable bonds is 3. The summed E-state index contributed by atoms with van der Waals surface area (Å²) in [5.74, 6) is -0.279. The number of amides is 1. The summed E-state index contributed by atoms with van der Waals surface area (Å²) in [6, 6.07) is 6.65. The Bertz CT molecular complexity index is 437. The van der Waals surface area contributed by atoms with E-state index in [1.54, 1.807) is 19.1 Å². The summed E-state index contributed by atoms with van der Waals surface area (Å²) in [4.78, 5) is 11.5. The second kappa shape index (κ2) is 5.14. The van der Waals surface area contributed by atoms with Crippen molar-refractivity contribution in [3.8, 4) is 6.07 Å². The summed E-state index contributed by atoms with van der Waals surface area (Å²) < 4.78 is 4.86. The highest BCUT2D eigenvalue weighted by Crippen LogP contribution is 2.19. The minimum absolute atomic E-state index is 0.279. The molecule has 5 nitrogen and oxygen atoms in total. The first-order valence-corrected chi connectivity index (χ1v) is 4.71. The van der Waals surface area contributed by atoms with Gasteiger partial charge in [0.05, 0.1) is 23.0 Å². The van der Waals surface area contributed by atoms with Crippen LogP contribution < -0.4 is 11.1 Å². The first-order valence-electron chi connectivity index (χ1n) is 4.71. The molecule has 0 heterocycles. The number of anilines is 2. The molecule has 1 aromatic carbocycles. The lowest BCUT2D eigenvalue weighted by Gasteiger charge is -2.12. The number of nitrogens with two attached hydrogens (primary N) is 1. The van der Waals surface area contributed by atoms with Crippen LogP contribution in [0, 0.1) is 11.3 Å². The molecule has 1 atom stereocenters. The number of hydrogen-bond donors (Lipinski definition) is 2. The SMILES string of the molecule is COC(C)C(=O)Nc1ccc(C#N)cc1N. The summed E-state index contributed by atoms with van der Waals surface area (Å²) in [6.45, 7) is 1.63. The second-order valence-corrected chi connectivity index (χ2v) is 3.28. The Morgan fingerprint density at radius 2 is 2.31 bits per heavy atom. The highest BCUT2D eigenvalue weighted by atomic mass is 16.5. The van der Waals surface area contributed by atoms with E-state index < -0.39 is 6.10 Å². The number of hydrogen-bond acceptors (Lipinski definition) is 4. The monoisotopic (exact) mass is 219 g/mol. The van der Waals surface area contributed by atoms with Gasteiger partial charge in [0, 0.05) is 7.11 Å². The first-order chi connectivity index (χ1) is 7.58. The molecule has 0 bridgehead atoms. The zero-order valence-electron chi connectivity index (χ0n) is 9.15. The zero-order chi connectivity index (χ0) is 12.1. The minimum atomic E-state index is -0.546. The molecule has 3 N–H and O–H groups in total. The van der Waals surface area contributed by atoms with Gasteiger partial charge in [-0.25, -0.2) is 0 Å². The summed E-state index contributed by atoms with van der Waals surface area (Å²) in [7, 11) is 1.45. The topological polar surface area (TPSA) is 88.1 Å². The smallest absolute Gasteiger partial charge is 0.253 e. The average Bonchev–Trinajstić information content (AvgIpc) is 2.30. The van der Waals surface area contributed by atoms with Gasteiger partial charge in [0.2, 0.25) is 0 Å². The number of nitrogens with zero attached hydrogens (tertiary/aromatic N) is 1. The first kappa shape index (κ1) is 12.0. The van der Waals surface area contributed by atoms with Crippen molar-refractivity contribution in [3.05, 3.63) is 23.8 Å². The summed E-state index contributed by atoms with van der Waals surface area (Å²) in [5.41, 5.74) is 6.97. The van der Waals surface area contributed by atoms with Crippen molar-refractivity contribution >= 4 is 17.3 Å². The van der Waals surface area contributed by atoms with E-state index in [1.807, 2.05) is 6.07 Å². The maximum Gasteiger partial charge on any atom is 0.253 e. The molecule has 1 unspecified atom stereocenters. The van der Waals surface area contributed by atoms with Crippen LogP contribution in [-0.4, -0.2) is 19.1 Å². The minimum Gasteiger partial charge on any atom is -0.397 e. The van der Waals surface area contributed by atoms with Gasteiger partial charge in [0.25, 0.3) is 5.91 Å². The number of nitriles is 1. The molecular formula is C11H13N3O2. The normalized spacial score (nSPS) is 11.6. The van der Waals surface area contributed by atoms with E-state index in [0.29, 0.717) is 16.9 Å². The molecule has 0 radical (unpaired) electrons. The lowest BCUT2D eigenvalue weighted by atomic mass is 10.2. The number of nitrogens with one attached hydrogen (secondary N) is 1. The Hall–Kier alpha value is -2.06. The number of nitrogen functional groups attached to an aromatic ring is 1. The second-order valence-electron chi connectivity index (χ2n) is 3.28. The number of carbonyl (C=O) groups is 1. The molecule has 0 saturated heterocycles. The fourth-order valence-electron chi connectivity index (χ4n) is 1.09. The van der Waals surface area contributed by atoms with Crippen molar-refractivity contribution in [2.24, 2.45) is 0 Å². The third kappa shape index (κ3) is 2.72. The molecule has 16 heavy (non-hydrogen) atoms. The quantitative estimate of drug-likeness (QED) is 0.745. The van der Waals surface area contributed by atoms with Crippen LogP contribution in [0.1, 0.15) is 12.5 Å². The van der Waals surface area contributed by atoms with Crippen LogP contribution in [0.3, 0.4) is 0 Å². The van der Waals surface area contributed by atoms with E-state index in [2.05, 4.69) is 5.32 Å². The van der Waals surface area contributed by atoms with Crippen LogP contribution in [0.5, 0.6) is 0 Å². The predicted molar refractivity (Wildman–Crippen MR) is 60.7 cm³/mol. The number of carbonyl (C=O) groups excluding carboxylic acids is 1. The maximum absolute atomic E-state index is 11.5. The Kier molecular flexibility index (Phi) is 3.86. The van der Waals surface area contributed by atoms with Gasteiger partial charge < -0.3 is 15.8 Å². The van der Waals surface area contributed by atoms with Crippen molar-refractivity contribution in [3.63, 3.8) is 0 Å². The van der Waals surface area contributed by atoms with E-state index in [0.717, 1.165) is 0 Å². The summed E-state index contributed by atoms with van der Waals surface area (Å²) in [6.07, 6.45) is -0.546. The number of methoxy groups -OCH3 is 1. The summed E-state index contributed by atoms with van der Waals surface area (Å²) in [5, 5.41) is 11.3. The van der Waals surface area contributed by atoms with Crippen molar-refractivity contribution in [1.29, 1.82) is 5.26 Å². The van der Waals surface area contributed by atoms with E-state index >= 15 is 0 Å². The van der Waals surface area contributed by atoms with E-state index in [9.17, 15) is 4.79 Å². The van der Waals surface area contributed by atoms with Crippen molar-refractivity contribution in [2.75, 3.05) is 18.2 Å². The molecule has 0 aromatic heterocycles. The fraction of sp³-hybridized carbons (Fsp3) is 0.273. The lowest BCUT2D eigenvalue weighted by Crippen LogP contribution is -2.26. The van der Waals surface area contributed by atoms with Crippen molar-refractivity contribution in [2.45, 2.75) is 13.0 Å². The zero-order valence-corrected chi connectivity index (χ0v) is 9.15. The standard InChI is InChI=1S/C11H13N3O2/c1-7(16-2)11(15)14-10-4-3-8(6-12)5-9(10)13/h3-5,7H,13H2,1-2H3,(H,14,15). The van der Waals surface area contributed by atoms with Gasteiger partial charge in [0.1, 0.15) is 6.10 Å². The van der Waals surface area contributed by atoms with Crippen LogP contribution >= 0.6 is 0 Å². The van der Waals surface area contributed by atoms with Gasteiger partial charge in [0.15, 0.2) is 0 Å². The van der Waals surface area contributed by atoms with Crippen LogP contribution in [-0.2, 0) is 9.53 Å². The number of ether oxygens (including phenoxy) is 1. The van der Waals surface area contributed by atoms with Gasteiger partial charge in [-0.3, -0.25) is 4.79 Å². The Labute approximate surface area is 93.8 Å². The van der Waals surface area contributed by atoms with Crippen LogP contribution in [0.25, 0.3) is 0 Å². The molecule has 0 aliphatic carbocycles. The molecule has 5 heteroatoms. The van der Waals surface area contributed by atoms with Gasteiger partial charge in [-0.15, -0.1) is 0 Å². The molecule has 1 amide bonds. The Morgan fingerprint density at radius 3 is 2.81 bits per heavy atom. The van der Waals surface area contributed by atoms with E-state index in [-0.39, 0.29) is 5.91 Å². The highest BCUT2D eigenvalue weighted by Gasteiger charge is 2.12. The molecule has 84 valence electrons. The molecule has 0 spiro atoms. The van der Waals surface area contributed by atoms with Crippen molar-refractivity contribution in [1.82, 2.24) is 0 Å². The average molecular weight is 219 g/mol. The van der Waals surface area contributed by atoms with Gasteiger partial charge in [-0.05, 0) is 25.1 Å². The molecular weight excluding hydrogens is 206 g/mol. The fourth-order valence-corrected chi connectivity index (χ4v) is 1.09. The van der Waals surface area contributed by atoms with Crippen LogP contribution in [0.2, 0.25) is 0 Å². The highest BCUT2D eigenvalue weighted by molar-refractivity contribution is 5.96. The molecule has 0 saturated carbocycles. The molecule has 0 aliphatic rings. The Balaban J connectivity index is 2.83. The van der Waals surface area contributed by atoms with Gasteiger partial charge in [-0.1, -0.05) is 0 Å². The van der Waals surface area contributed by atoms with Gasteiger partial charge >= 0.3 is 0 Å². The largest absolute Gasteiger partial charge is 0.397 e. The number of benzene rings is 1. The summed E-state index contributed by atoms with van der Waals surface area (Å²) >= 11 is 0. The van der Waals surface area contributed by atoms with E-state index in [4.69, 9.17) is 15.7 Å². The molecule has 1 rings (SSSR count). The van der Waals surface area contributed by atoms with Gasteiger partial charge in [-0.2, -0.15) is 5.26 Å². The Morgan fingerprint density at radius 1 is 1.62 bits per heavy atom. The van der Waals surface area contributed by atoms with E-state index in [1.165, 1.54) is 13.2 Å². The third-order valence-corrected chi connectivity index (χ3v) is 2.16. The predicted octanol–water partition coefficient (Wildman–Crippen LogP) is 1.11. The maximum atomic E-state index is 11.5. The van der Waals surface area contributed by atoms with Crippen LogP contribution in [0.4, 0.5) is 11.4 Å². The van der Waals surface area contributed by atoms with Crippen LogP contribution in [0.15, 0.2) is 18.2 Å². The molecule has 0 fully saturated rings.